The summed E-state index contributed by atoms with van der Waals surface area (Å²) in [6.07, 6.45) is 15.2. The molecule has 0 aliphatic heterocycles. The fourth-order valence-electron chi connectivity index (χ4n) is 2.88. The van der Waals surface area contributed by atoms with Gasteiger partial charge in [-0.1, -0.05) is 78.1 Å². The van der Waals surface area contributed by atoms with Gasteiger partial charge in [0, 0.05) is 4.47 Å². The third-order valence-electron chi connectivity index (χ3n) is 4.51. The van der Waals surface area contributed by atoms with E-state index in [1.807, 2.05) is 12.1 Å². The van der Waals surface area contributed by atoms with E-state index >= 15 is 0 Å². The molecule has 0 amide bonds. The average molecular weight is 492 g/mol. The Balaban J connectivity index is 2.37. The van der Waals surface area contributed by atoms with E-state index in [-0.39, 0.29) is 0 Å². The van der Waals surface area contributed by atoms with Crippen LogP contribution in [0.15, 0.2) is 21.1 Å². The molecule has 26 heavy (non-hydrogen) atoms. The Labute approximate surface area is 177 Å². The van der Waals surface area contributed by atoms with Crippen LogP contribution in [0.3, 0.4) is 0 Å². The summed E-state index contributed by atoms with van der Waals surface area (Å²) < 4.78 is 14.0. The topological polar surface area (TPSA) is 18.5 Å². The zero-order chi connectivity index (χ0) is 19.0. The minimum Gasteiger partial charge on any atom is -0.490 e. The van der Waals surface area contributed by atoms with Crippen LogP contribution < -0.4 is 9.47 Å². The average Bonchev–Trinajstić information content (AvgIpc) is 2.64. The van der Waals surface area contributed by atoms with E-state index in [0.717, 1.165) is 46.5 Å². The molecular weight excluding hydrogens is 456 g/mol. The van der Waals surface area contributed by atoms with Crippen molar-refractivity contribution >= 4 is 31.9 Å². The highest BCUT2D eigenvalue weighted by Gasteiger charge is 2.13. The lowest BCUT2D eigenvalue weighted by atomic mass is 10.1. The summed E-state index contributed by atoms with van der Waals surface area (Å²) in [6, 6.07) is 4.01. The normalized spacial score (nSPS) is 10.9. The van der Waals surface area contributed by atoms with Crippen LogP contribution in [0.5, 0.6) is 11.5 Å². The van der Waals surface area contributed by atoms with Gasteiger partial charge >= 0.3 is 0 Å². The number of ether oxygens (including phenoxy) is 2. The maximum atomic E-state index is 6.06. The van der Waals surface area contributed by atoms with Crippen LogP contribution in [0, 0.1) is 0 Å². The first-order chi connectivity index (χ1) is 12.7. The molecule has 0 N–H and O–H groups in total. The Morgan fingerprint density at radius 1 is 0.654 bits per heavy atom. The second kappa shape index (κ2) is 15.8. The zero-order valence-electron chi connectivity index (χ0n) is 16.6. The van der Waals surface area contributed by atoms with E-state index < -0.39 is 0 Å². The number of rotatable bonds is 16. The first kappa shape index (κ1) is 23.8. The van der Waals surface area contributed by atoms with Gasteiger partial charge in [-0.15, -0.1) is 0 Å². The van der Waals surface area contributed by atoms with Crippen LogP contribution in [0.25, 0.3) is 0 Å². The Bertz CT molecular complexity index is 477. The van der Waals surface area contributed by atoms with Gasteiger partial charge in [0.1, 0.15) is 0 Å². The van der Waals surface area contributed by atoms with Crippen molar-refractivity contribution in [1.29, 1.82) is 0 Å². The quantitative estimate of drug-likeness (QED) is 0.215. The van der Waals surface area contributed by atoms with Crippen molar-refractivity contribution in [2.75, 3.05) is 13.2 Å². The molecule has 4 heteroatoms. The molecule has 0 spiro atoms. The van der Waals surface area contributed by atoms with Crippen molar-refractivity contribution in [2.24, 2.45) is 0 Å². The zero-order valence-corrected chi connectivity index (χ0v) is 19.8. The summed E-state index contributed by atoms with van der Waals surface area (Å²) in [5.74, 6) is 1.68. The molecule has 0 saturated heterocycles. The first-order valence-corrected chi connectivity index (χ1v) is 12.0. The highest BCUT2D eigenvalue weighted by Crippen LogP contribution is 2.40. The van der Waals surface area contributed by atoms with Crippen LogP contribution in [0.1, 0.15) is 90.9 Å². The summed E-state index contributed by atoms with van der Waals surface area (Å²) in [7, 11) is 0. The Morgan fingerprint density at radius 2 is 1.15 bits per heavy atom. The lowest BCUT2D eigenvalue weighted by molar-refractivity contribution is 0.257. The van der Waals surface area contributed by atoms with Crippen molar-refractivity contribution in [3.05, 3.63) is 21.1 Å². The standard InChI is InChI=1S/C22H36Br2O2/c1-3-5-7-9-11-13-17-25-20-16-15-19(23)21(24)22(20)26-18-14-12-10-8-6-4-2/h15-16H,3-14,17-18H2,1-2H3. The van der Waals surface area contributed by atoms with Gasteiger partial charge in [-0.3, -0.25) is 0 Å². The van der Waals surface area contributed by atoms with Gasteiger partial charge in [-0.2, -0.15) is 0 Å². The molecule has 0 aliphatic rings. The van der Waals surface area contributed by atoms with Crippen LogP contribution >= 0.6 is 31.9 Å². The second-order valence-electron chi connectivity index (χ2n) is 6.92. The van der Waals surface area contributed by atoms with E-state index in [0.29, 0.717) is 0 Å². The molecule has 1 aromatic carbocycles. The fraction of sp³-hybridized carbons (Fsp3) is 0.727. The molecule has 0 bridgehead atoms. The SMILES string of the molecule is CCCCCCCCOc1ccc(Br)c(Br)c1OCCCCCCCC. The first-order valence-electron chi connectivity index (χ1n) is 10.4. The Kier molecular flexibility index (Phi) is 14.5. The van der Waals surface area contributed by atoms with Gasteiger partial charge < -0.3 is 9.47 Å². The molecule has 0 aromatic heterocycles. The van der Waals surface area contributed by atoms with Gasteiger partial charge in [0.2, 0.25) is 0 Å². The van der Waals surface area contributed by atoms with Crippen molar-refractivity contribution < 1.29 is 9.47 Å². The van der Waals surface area contributed by atoms with E-state index in [2.05, 4.69) is 45.7 Å². The van der Waals surface area contributed by atoms with Crippen LogP contribution in [-0.4, -0.2) is 13.2 Å². The van der Waals surface area contributed by atoms with Gasteiger partial charge in [0.15, 0.2) is 11.5 Å². The number of unbranched alkanes of at least 4 members (excludes halogenated alkanes) is 10. The Hall–Kier alpha value is -0.220. The third-order valence-corrected chi connectivity index (χ3v) is 6.49. The lowest BCUT2D eigenvalue weighted by Crippen LogP contribution is -2.03. The van der Waals surface area contributed by atoms with Crippen molar-refractivity contribution in [2.45, 2.75) is 90.9 Å². The van der Waals surface area contributed by atoms with Crippen molar-refractivity contribution in [3.63, 3.8) is 0 Å². The predicted octanol–water partition coefficient (Wildman–Crippen LogP) is 8.69. The van der Waals surface area contributed by atoms with Gasteiger partial charge in [-0.05, 0) is 56.8 Å². The van der Waals surface area contributed by atoms with E-state index in [9.17, 15) is 0 Å². The molecule has 1 aromatic rings. The number of benzene rings is 1. The van der Waals surface area contributed by atoms with Crippen LogP contribution in [0.2, 0.25) is 0 Å². The van der Waals surface area contributed by atoms with E-state index in [1.54, 1.807) is 0 Å². The lowest BCUT2D eigenvalue weighted by Gasteiger charge is -2.15. The third kappa shape index (κ3) is 10.2. The summed E-state index contributed by atoms with van der Waals surface area (Å²) in [6.45, 7) is 6.00. The number of hydrogen-bond acceptors (Lipinski definition) is 2. The summed E-state index contributed by atoms with van der Waals surface area (Å²) >= 11 is 7.20. The minimum atomic E-state index is 0.745. The fourth-order valence-corrected chi connectivity index (χ4v) is 3.64. The van der Waals surface area contributed by atoms with Gasteiger partial charge in [0.25, 0.3) is 0 Å². The van der Waals surface area contributed by atoms with Gasteiger partial charge in [-0.25, -0.2) is 0 Å². The van der Waals surface area contributed by atoms with Crippen molar-refractivity contribution in [3.8, 4) is 11.5 Å². The summed E-state index contributed by atoms with van der Waals surface area (Å²) in [5.41, 5.74) is 0. The molecule has 0 fully saturated rings. The second-order valence-corrected chi connectivity index (χ2v) is 8.57. The molecular formula is C22H36Br2O2. The summed E-state index contributed by atoms with van der Waals surface area (Å²) in [5, 5.41) is 0. The molecule has 0 atom stereocenters. The maximum absolute atomic E-state index is 6.06. The molecule has 0 saturated carbocycles. The van der Waals surface area contributed by atoms with Crippen LogP contribution in [0.4, 0.5) is 0 Å². The highest BCUT2D eigenvalue weighted by molar-refractivity contribution is 9.13. The maximum Gasteiger partial charge on any atom is 0.176 e. The monoisotopic (exact) mass is 490 g/mol. The number of hydrogen-bond donors (Lipinski definition) is 0. The molecule has 0 heterocycles. The summed E-state index contributed by atoms with van der Waals surface area (Å²) in [4.78, 5) is 0. The molecule has 1 rings (SSSR count). The Morgan fingerprint density at radius 3 is 1.73 bits per heavy atom. The van der Waals surface area contributed by atoms with Crippen LogP contribution in [-0.2, 0) is 0 Å². The molecule has 150 valence electrons. The smallest absolute Gasteiger partial charge is 0.176 e. The predicted molar refractivity (Wildman–Crippen MR) is 120 cm³/mol. The highest BCUT2D eigenvalue weighted by atomic mass is 79.9. The van der Waals surface area contributed by atoms with Crippen molar-refractivity contribution in [1.82, 2.24) is 0 Å². The largest absolute Gasteiger partial charge is 0.490 e. The van der Waals surface area contributed by atoms with Gasteiger partial charge in [0.05, 0.1) is 17.7 Å². The molecule has 0 aliphatic carbocycles. The molecule has 0 unspecified atom stereocenters. The van der Waals surface area contributed by atoms with E-state index in [1.165, 1.54) is 64.2 Å². The minimum absolute atomic E-state index is 0.745. The molecule has 2 nitrogen and oxygen atoms in total. The number of halogens is 2. The van der Waals surface area contributed by atoms with E-state index in [4.69, 9.17) is 9.47 Å². The molecule has 0 radical (unpaired) electrons.